The summed E-state index contributed by atoms with van der Waals surface area (Å²) in [6, 6.07) is 6.14. The van der Waals surface area contributed by atoms with Crippen LogP contribution in [0.3, 0.4) is 0 Å². The first-order chi connectivity index (χ1) is 6.70. The second kappa shape index (κ2) is 3.38. The van der Waals surface area contributed by atoms with E-state index in [0.717, 1.165) is 5.69 Å². The van der Waals surface area contributed by atoms with Gasteiger partial charge in [-0.1, -0.05) is 12.1 Å². The summed E-state index contributed by atoms with van der Waals surface area (Å²) in [5.74, 6) is 0. The van der Waals surface area contributed by atoms with Gasteiger partial charge in [0.15, 0.2) is 4.77 Å². The third-order valence-electron chi connectivity index (χ3n) is 2.39. The fraction of sp³-hybridized carbons (Fsp3) is 0.200. The second-order valence-corrected chi connectivity index (χ2v) is 3.64. The van der Waals surface area contributed by atoms with Gasteiger partial charge in [0, 0.05) is 0 Å². The Bertz CT molecular complexity index is 510. The third kappa shape index (κ3) is 1.37. The van der Waals surface area contributed by atoms with Crippen LogP contribution in [0.25, 0.3) is 5.69 Å². The zero-order valence-corrected chi connectivity index (χ0v) is 8.93. The Morgan fingerprint density at radius 3 is 2.79 bits per heavy atom. The van der Waals surface area contributed by atoms with Crippen molar-refractivity contribution in [3.8, 4) is 5.69 Å². The minimum absolute atomic E-state index is 0.624. The highest BCUT2D eigenvalue weighted by Gasteiger charge is 2.03. The van der Waals surface area contributed by atoms with Gasteiger partial charge in [-0.2, -0.15) is 5.10 Å². The molecule has 0 amide bonds. The highest BCUT2D eigenvalue weighted by molar-refractivity contribution is 7.71. The lowest BCUT2D eigenvalue weighted by molar-refractivity contribution is 1.01. The average Bonchev–Trinajstić information content (AvgIpc) is 2.57. The van der Waals surface area contributed by atoms with Gasteiger partial charge in [-0.3, -0.25) is 9.67 Å². The lowest BCUT2D eigenvalue weighted by Crippen LogP contribution is -1.96. The standard InChI is InChI=1S/C10H11N3S/c1-7-4-3-5-9(8(7)2)13-6-11-12-10(13)14/h3-6H,1-2H3,(H,12,14). The summed E-state index contributed by atoms with van der Waals surface area (Å²) >= 11 is 5.12. The van der Waals surface area contributed by atoms with Crippen LogP contribution in [0.15, 0.2) is 24.5 Å². The van der Waals surface area contributed by atoms with E-state index < -0.39 is 0 Å². The van der Waals surface area contributed by atoms with Crippen LogP contribution in [0.5, 0.6) is 0 Å². The molecule has 1 aromatic heterocycles. The van der Waals surface area contributed by atoms with Gasteiger partial charge in [-0.05, 0) is 43.3 Å². The van der Waals surface area contributed by atoms with Crippen LogP contribution >= 0.6 is 12.2 Å². The van der Waals surface area contributed by atoms with Crippen LogP contribution in [-0.2, 0) is 0 Å². The number of rotatable bonds is 1. The number of nitrogens with one attached hydrogen (secondary N) is 1. The number of nitrogens with zero attached hydrogens (tertiary/aromatic N) is 2. The quantitative estimate of drug-likeness (QED) is 0.726. The Hall–Kier alpha value is -1.42. The van der Waals surface area contributed by atoms with Crippen molar-refractivity contribution in [1.82, 2.24) is 14.8 Å². The first kappa shape index (κ1) is 9.15. The van der Waals surface area contributed by atoms with E-state index >= 15 is 0 Å². The molecule has 1 N–H and O–H groups in total. The molecule has 0 atom stereocenters. The molecule has 0 unspecified atom stereocenters. The SMILES string of the molecule is Cc1cccc(-n2cn[nH]c2=S)c1C. The zero-order valence-electron chi connectivity index (χ0n) is 8.11. The molecular weight excluding hydrogens is 194 g/mol. The molecule has 0 saturated heterocycles. The van der Waals surface area contributed by atoms with Gasteiger partial charge in [0.1, 0.15) is 6.33 Å². The van der Waals surface area contributed by atoms with Gasteiger partial charge in [0.25, 0.3) is 0 Å². The number of aromatic amines is 1. The summed E-state index contributed by atoms with van der Waals surface area (Å²) in [7, 11) is 0. The predicted octanol–water partition coefficient (Wildman–Crippen LogP) is 2.55. The molecule has 0 fully saturated rings. The third-order valence-corrected chi connectivity index (χ3v) is 2.68. The first-order valence-electron chi connectivity index (χ1n) is 4.39. The summed E-state index contributed by atoms with van der Waals surface area (Å²) in [4.78, 5) is 0. The Labute approximate surface area is 87.4 Å². The van der Waals surface area contributed by atoms with Gasteiger partial charge in [0.05, 0.1) is 5.69 Å². The highest BCUT2D eigenvalue weighted by Crippen LogP contribution is 2.16. The lowest BCUT2D eigenvalue weighted by atomic mass is 10.1. The topological polar surface area (TPSA) is 33.6 Å². The molecule has 0 bridgehead atoms. The minimum Gasteiger partial charge on any atom is -0.274 e. The van der Waals surface area contributed by atoms with Crippen molar-refractivity contribution in [2.75, 3.05) is 0 Å². The van der Waals surface area contributed by atoms with E-state index in [1.165, 1.54) is 11.1 Å². The highest BCUT2D eigenvalue weighted by atomic mass is 32.1. The molecule has 0 spiro atoms. The fourth-order valence-electron chi connectivity index (χ4n) is 1.42. The number of aromatic nitrogens is 3. The monoisotopic (exact) mass is 205 g/mol. The van der Waals surface area contributed by atoms with Gasteiger partial charge in [-0.25, -0.2) is 0 Å². The first-order valence-corrected chi connectivity index (χ1v) is 4.79. The van der Waals surface area contributed by atoms with E-state index in [1.807, 2.05) is 16.7 Å². The molecule has 2 rings (SSSR count). The van der Waals surface area contributed by atoms with Crippen LogP contribution in [0.4, 0.5) is 0 Å². The number of benzene rings is 1. The van der Waals surface area contributed by atoms with E-state index in [1.54, 1.807) is 6.33 Å². The Kier molecular flexibility index (Phi) is 2.21. The minimum atomic E-state index is 0.624. The van der Waals surface area contributed by atoms with Crippen LogP contribution < -0.4 is 0 Å². The number of hydrogen-bond donors (Lipinski definition) is 1. The molecule has 1 heterocycles. The molecule has 2 aromatic rings. The molecule has 3 nitrogen and oxygen atoms in total. The van der Waals surface area contributed by atoms with Crippen molar-refractivity contribution in [3.05, 3.63) is 40.4 Å². The average molecular weight is 205 g/mol. The lowest BCUT2D eigenvalue weighted by Gasteiger charge is -2.07. The summed E-state index contributed by atoms with van der Waals surface area (Å²) in [6.45, 7) is 4.17. The maximum atomic E-state index is 5.12. The van der Waals surface area contributed by atoms with E-state index in [4.69, 9.17) is 12.2 Å². The summed E-state index contributed by atoms with van der Waals surface area (Å²) in [5.41, 5.74) is 3.57. The van der Waals surface area contributed by atoms with Crippen molar-refractivity contribution in [2.45, 2.75) is 13.8 Å². The molecule has 0 aliphatic rings. The Morgan fingerprint density at radius 1 is 1.36 bits per heavy atom. The van der Waals surface area contributed by atoms with Gasteiger partial charge in [0.2, 0.25) is 0 Å². The molecule has 0 saturated carbocycles. The zero-order chi connectivity index (χ0) is 10.1. The number of hydrogen-bond acceptors (Lipinski definition) is 2. The van der Waals surface area contributed by atoms with Gasteiger partial charge < -0.3 is 0 Å². The van der Waals surface area contributed by atoms with Crippen molar-refractivity contribution < 1.29 is 0 Å². The molecule has 0 aliphatic carbocycles. The van der Waals surface area contributed by atoms with Crippen LogP contribution in [-0.4, -0.2) is 14.8 Å². The summed E-state index contributed by atoms with van der Waals surface area (Å²) < 4.78 is 2.50. The largest absolute Gasteiger partial charge is 0.274 e. The van der Waals surface area contributed by atoms with Crippen LogP contribution in [0, 0.1) is 18.6 Å². The van der Waals surface area contributed by atoms with E-state index in [0.29, 0.717) is 4.77 Å². The normalized spacial score (nSPS) is 10.4. The van der Waals surface area contributed by atoms with Gasteiger partial charge in [-0.15, -0.1) is 0 Å². The van der Waals surface area contributed by atoms with Crippen molar-refractivity contribution in [2.24, 2.45) is 0 Å². The van der Waals surface area contributed by atoms with E-state index in [-0.39, 0.29) is 0 Å². The van der Waals surface area contributed by atoms with Crippen LogP contribution in [0.2, 0.25) is 0 Å². The number of aryl methyl sites for hydroxylation is 1. The van der Waals surface area contributed by atoms with Gasteiger partial charge >= 0.3 is 0 Å². The second-order valence-electron chi connectivity index (χ2n) is 3.25. The van der Waals surface area contributed by atoms with Crippen molar-refractivity contribution in [1.29, 1.82) is 0 Å². The molecule has 0 radical (unpaired) electrons. The molecule has 1 aromatic carbocycles. The predicted molar refractivity (Wildman–Crippen MR) is 58.2 cm³/mol. The number of H-pyrrole nitrogens is 1. The molecule has 0 aliphatic heterocycles. The smallest absolute Gasteiger partial charge is 0.199 e. The molecule has 4 heteroatoms. The van der Waals surface area contributed by atoms with Crippen LogP contribution in [0.1, 0.15) is 11.1 Å². The fourth-order valence-corrected chi connectivity index (χ4v) is 1.61. The van der Waals surface area contributed by atoms with Crippen molar-refractivity contribution >= 4 is 12.2 Å². The van der Waals surface area contributed by atoms with Crippen molar-refractivity contribution in [3.63, 3.8) is 0 Å². The molecular formula is C10H11N3S. The maximum Gasteiger partial charge on any atom is 0.199 e. The van der Waals surface area contributed by atoms with E-state index in [9.17, 15) is 0 Å². The van der Waals surface area contributed by atoms with E-state index in [2.05, 4.69) is 30.1 Å². The summed E-state index contributed by atoms with van der Waals surface area (Å²) in [5, 5.41) is 6.64. The molecule has 72 valence electrons. The summed E-state index contributed by atoms with van der Waals surface area (Å²) in [6.07, 6.45) is 1.70. The Morgan fingerprint density at radius 2 is 2.14 bits per heavy atom. The molecule has 14 heavy (non-hydrogen) atoms. The Balaban J connectivity index is 2.69. The maximum absolute atomic E-state index is 5.12.